The number of carbonyl (C=O) groups is 1. The molecule has 0 bridgehead atoms. The molecule has 1 aromatic rings. The van der Waals surface area contributed by atoms with Crippen molar-refractivity contribution >= 4 is 5.91 Å². The fraction of sp³-hybridized carbons (Fsp3) is 0.533. The highest BCUT2D eigenvalue weighted by molar-refractivity contribution is 5.78. The molecule has 0 aromatic heterocycles. The lowest BCUT2D eigenvalue weighted by Gasteiger charge is -2.31. The molecule has 1 aliphatic rings. The van der Waals surface area contributed by atoms with Crippen LogP contribution >= 0.6 is 0 Å². The van der Waals surface area contributed by atoms with Crippen LogP contribution < -0.4 is 5.32 Å². The number of nitrogens with zero attached hydrogens (tertiary/aromatic N) is 2. The SMILES string of the molecule is CC(c1ccccc1F)N(C)C(=O)CN1CCNCC1. The number of likely N-dealkylation sites (N-methyl/N-ethyl adjacent to an activating group) is 1. The van der Waals surface area contributed by atoms with Crippen LogP contribution in [0.25, 0.3) is 0 Å². The summed E-state index contributed by atoms with van der Waals surface area (Å²) in [5.41, 5.74) is 0.559. The Kier molecular flexibility index (Phi) is 5.09. The zero-order chi connectivity index (χ0) is 14.5. The second-order valence-electron chi connectivity index (χ2n) is 5.23. The molecule has 1 unspecified atom stereocenters. The average molecular weight is 279 g/mol. The maximum atomic E-state index is 13.8. The van der Waals surface area contributed by atoms with Crippen LogP contribution in [0.15, 0.2) is 24.3 Å². The Hall–Kier alpha value is -1.46. The van der Waals surface area contributed by atoms with E-state index < -0.39 is 0 Å². The molecule has 2 rings (SSSR count). The first-order valence-electron chi connectivity index (χ1n) is 7.02. The highest BCUT2D eigenvalue weighted by atomic mass is 19.1. The number of carbonyl (C=O) groups excluding carboxylic acids is 1. The summed E-state index contributed by atoms with van der Waals surface area (Å²) >= 11 is 0. The number of piperazine rings is 1. The number of nitrogens with one attached hydrogen (secondary N) is 1. The summed E-state index contributed by atoms with van der Waals surface area (Å²) in [7, 11) is 1.74. The van der Waals surface area contributed by atoms with E-state index in [4.69, 9.17) is 0 Å². The van der Waals surface area contributed by atoms with E-state index in [1.807, 2.05) is 6.92 Å². The van der Waals surface area contributed by atoms with E-state index in [0.29, 0.717) is 12.1 Å². The van der Waals surface area contributed by atoms with Crippen LogP contribution in [0.2, 0.25) is 0 Å². The summed E-state index contributed by atoms with van der Waals surface area (Å²) in [6.45, 7) is 5.85. The number of amides is 1. The number of rotatable bonds is 4. The topological polar surface area (TPSA) is 35.6 Å². The molecule has 1 amide bonds. The van der Waals surface area contributed by atoms with Gasteiger partial charge in [-0.1, -0.05) is 18.2 Å². The van der Waals surface area contributed by atoms with Crippen LogP contribution in [0.4, 0.5) is 4.39 Å². The first-order chi connectivity index (χ1) is 9.59. The molecule has 110 valence electrons. The van der Waals surface area contributed by atoms with Crippen molar-refractivity contribution in [3.8, 4) is 0 Å². The van der Waals surface area contributed by atoms with Gasteiger partial charge in [-0.3, -0.25) is 9.69 Å². The molecule has 1 heterocycles. The molecule has 1 N–H and O–H groups in total. The molecule has 20 heavy (non-hydrogen) atoms. The van der Waals surface area contributed by atoms with E-state index in [1.54, 1.807) is 30.1 Å². The first-order valence-corrected chi connectivity index (χ1v) is 7.02. The second kappa shape index (κ2) is 6.81. The Morgan fingerprint density at radius 3 is 2.70 bits per heavy atom. The number of hydrogen-bond acceptors (Lipinski definition) is 3. The largest absolute Gasteiger partial charge is 0.338 e. The van der Waals surface area contributed by atoms with E-state index >= 15 is 0 Å². The lowest BCUT2D eigenvalue weighted by molar-refractivity contribution is -0.133. The van der Waals surface area contributed by atoms with Crippen LogP contribution in [0.1, 0.15) is 18.5 Å². The third kappa shape index (κ3) is 3.55. The number of benzene rings is 1. The minimum atomic E-state index is -0.262. The zero-order valence-electron chi connectivity index (χ0n) is 12.1. The molecule has 1 aromatic carbocycles. The molecule has 5 heteroatoms. The molecule has 0 aliphatic carbocycles. The van der Waals surface area contributed by atoms with E-state index in [-0.39, 0.29) is 17.8 Å². The quantitative estimate of drug-likeness (QED) is 0.901. The summed E-state index contributed by atoms with van der Waals surface area (Å²) in [6, 6.07) is 6.36. The van der Waals surface area contributed by atoms with E-state index in [1.165, 1.54) is 6.07 Å². The maximum Gasteiger partial charge on any atom is 0.236 e. The zero-order valence-corrected chi connectivity index (χ0v) is 12.1. The molecule has 0 radical (unpaired) electrons. The van der Waals surface area contributed by atoms with Gasteiger partial charge in [-0.25, -0.2) is 4.39 Å². The van der Waals surface area contributed by atoms with Crippen molar-refractivity contribution in [2.75, 3.05) is 39.8 Å². The molecule has 1 fully saturated rings. The predicted molar refractivity (Wildman–Crippen MR) is 76.9 cm³/mol. The Balaban J connectivity index is 1.97. The summed E-state index contributed by atoms with van der Waals surface area (Å²) in [6.07, 6.45) is 0. The van der Waals surface area contributed by atoms with Gasteiger partial charge in [0.2, 0.25) is 5.91 Å². The lowest BCUT2D eigenvalue weighted by atomic mass is 10.1. The van der Waals surface area contributed by atoms with Crippen LogP contribution in [0, 0.1) is 5.82 Å². The van der Waals surface area contributed by atoms with Crippen LogP contribution in [0.5, 0.6) is 0 Å². The van der Waals surface area contributed by atoms with Gasteiger partial charge in [-0.15, -0.1) is 0 Å². The normalized spacial score (nSPS) is 17.8. The van der Waals surface area contributed by atoms with Gasteiger partial charge in [0, 0.05) is 38.8 Å². The van der Waals surface area contributed by atoms with Crippen LogP contribution in [-0.4, -0.2) is 55.5 Å². The van der Waals surface area contributed by atoms with Crippen molar-refractivity contribution in [1.29, 1.82) is 0 Å². The van der Waals surface area contributed by atoms with Crippen LogP contribution in [0.3, 0.4) is 0 Å². The molecule has 0 spiro atoms. The Morgan fingerprint density at radius 1 is 1.40 bits per heavy atom. The molecule has 4 nitrogen and oxygen atoms in total. The maximum absolute atomic E-state index is 13.8. The van der Waals surface area contributed by atoms with Gasteiger partial charge < -0.3 is 10.2 Å². The monoisotopic (exact) mass is 279 g/mol. The van der Waals surface area contributed by atoms with Crippen molar-refractivity contribution in [1.82, 2.24) is 15.1 Å². The third-order valence-electron chi connectivity index (χ3n) is 3.90. The van der Waals surface area contributed by atoms with Crippen LogP contribution in [-0.2, 0) is 4.79 Å². The Labute approximate surface area is 119 Å². The molecule has 1 saturated heterocycles. The molecule has 1 aliphatic heterocycles. The van der Waals surface area contributed by atoms with E-state index in [9.17, 15) is 9.18 Å². The molecule has 1 atom stereocenters. The van der Waals surface area contributed by atoms with E-state index in [2.05, 4.69) is 10.2 Å². The minimum absolute atomic E-state index is 0.0302. The predicted octanol–water partition coefficient (Wildman–Crippen LogP) is 1.25. The lowest BCUT2D eigenvalue weighted by Crippen LogP contribution is -2.48. The highest BCUT2D eigenvalue weighted by Crippen LogP contribution is 2.21. The second-order valence-corrected chi connectivity index (χ2v) is 5.23. The number of hydrogen-bond donors (Lipinski definition) is 1. The summed E-state index contributed by atoms with van der Waals surface area (Å²) < 4.78 is 13.8. The highest BCUT2D eigenvalue weighted by Gasteiger charge is 2.22. The van der Waals surface area contributed by atoms with E-state index in [0.717, 1.165) is 26.2 Å². The molecule has 0 saturated carbocycles. The fourth-order valence-electron chi connectivity index (χ4n) is 2.41. The Bertz CT molecular complexity index is 460. The van der Waals surface area contributed by atoms with Crippen molar-refractivity contribution in [3.63, 3.8) is 0 Å². The van der Waals surface area contributed by atoms with Crippen molar-refractivity contribution in [3.05, 3.63) is 35.6 Å². The smallest absolute Gasteiger partial charge is 0.236 e. The van der Waals surface area contributed by atoms with Gasteiger partial charge in [-0.05, 0) is 13.0 Å². The van der Waals surface area contributed by atoms with Gasteiger partial charge in [-0.2, -0.15) is 0 Å². The Morgan fingerprint density at radius 2 is 2.05 bits per heavy atom. The summed E-state index contributed by atoms with van der Waals surface area (Å²) in [4.78, 5) is 16.0. The standard InChI is InChI=1S/C15H22FN3O/c1-12(13-5-3-4-6-14(13)16)18(2)15(20)11-19-9-7-17-8-10-19/h3-6,12,17H,7-11H2,1-2H3. The molecular formula is C15H22FN3O. The van der Waals surface area contributed by atoms with Crippen molar-refractivity contribution < 1.29 is 9.18 Å². The van der Waals surface area contributed by atoms with Gasteiger partial charge in [0.25, 0.3) is 0 Å². The van der Waals surface area contributed by atoms with Gasteiger partial charge in [0.15, 0.2) is 0 Å². The average Bonchev–Trinajstić information content (AvgIpc) is 2.47. The van der Waals surface area contributed by atoms with Gasteiger partial charge >= 0.3 is 0 Å². The fourth-order valence-corrected chi connectivity index (χ4v) is 2.41. The van der Waals surface area contributed by atoms with Gasteiger partial charge in [0.1, 0.15) is 5.82 Å². The van der Waals surface area contributed by atoms with Gasteiger partial charge in [0.05, 0.1) is 12.6 Å². The number of halogens is 1. The third-order valence-corrected chi connectivity index (χ3v) is 3.90. The molecular weight excluding hydrogens is 257 g/mol. The van der Waals surface area contributed by atoms with Crippen molar-refractivity contribution in [2.24, 2.45) is 0 Å². The summed E-state index contributed by atoms with van der Waals surface area (Å²) in [5, 5.41) is 3.26. The van der Waals surface area contributed by atoms with Crippen molar-refractivity contribution in [2.45, 2.75) is 13.0 Å². The summed E-state index contributed by atoms with van der Waals surface area (Å²) in [5.74, 6) is -0.232. The first kappa shape index (κ1) is 14.9. The minimum Gasteiger partial charge on any atom is -0.338 e.